The highest BCUT2D eigenvalue weighted by Gasteiger charge is 2.40. The highest BCUT2D eigenvalue weighted by atomic mass is 16.4. The number of anilines is 1. The number of nitrogens with one attached hydrogen (secondary N) is 1. The van der Waals surface area contributed by atoms with E-state index in [9.17, 15) is 4.79 Å². The number of nitrogens with two attached hydrogens (primary N) is 1. The van der Waals surface area contributed by atoms with E-state index in [4.69, 9.17) is 10.2 Å². The number of carbonyl (C=O) groups is 1. The average Bonchev–Trinajstić information content (AvgIpc) is 3.21. The minimum Gasteiger partial charge on any atom is -0.408 e. The predicted octanol–water partition coefficient (Wildman–Crippen LogP) is 2.04. The van der Waals surface area contributed by atoms with Crippen LogP contribution in [0.25, 0.3) is 0 Å². The Bertz CT molecular complexity index is 487. The van der Waals surface area contributed by atoms with E-state index in [0.717, 1.165) is 38.5 Å². The fourth-order valence-electron chi connectivity index (χ4n) is 2.85. The molecule has 6 heteroatoms. The van der Waals surface area contributed by atoms with Gasteiger partial charge in [-0.1, -0.05) is 12.0 Å². The number of rotatable bonds is 4. The number of carbonyl (C=O) groups excluding carboxylic acids is 1. The maximum atomic E-state index is 12.5. The number of aromatic nitrogens is 2. The minimum atomic E-state index is -0.472. The molecule has 2 saturated carbocycles. The lowest BCUT2D eigenvalue weighted by Crippen LogP contribution is -2.44. The Morgan fingerprint density at radius 3 is 2.65 bits per heavy atom. The summed E-state index contributed by atoms with van der Waals surface area (Å²) in [6, 6.07) is 0.211. The van der Waals surface area contributed by atoms with Crippen molar-refractivity contribution in [1.29, 1.82) is 0 Å². The monoisotopic (exact) mass is 278 g/mol. The number of hydrogen-bond acceptors (Lipinski definition) is 5. The molecule has 1 heterocycles. The van der Waals surface area contributed by atoms with Crippen LogP contribution in [-0.4, -0.2) is 22.6 Å². The average molecular weight is 278 g/mol. The Labute approximate surface area is 118 Å². The summed E-state index contributed by atoms with van der Waals surface area (Å²) in [5.41, 5.74) is 5.40. The predicted molar refractivity (Wildman–Crippen MR) is 74.0 cm³/mol. The molecule has 2 fully saturated rings. The molecule has 0 aromatic carbocycles. The molecule has 110 valence electrons. The van der Waals surface area contributed by atoms with Crippen molar-refractivity contribution >= 4 is 11.9 Å². The van der Waals surface area contributed by atoms with Gasteiger partial charge >= 0.3 is 6.01 Å². The number of nitrogens with zero attached hydrogens (tertiary/aromatic N) is 2. The number of amides is 1. The first-order chi connectivity index (χ1) is 9.63. The molecule has 1 aromatic heterocycles. The van der Waals surface area contributed by atoms with Gasteiger partial charge in [0.15, 0.2) is 0 Å². The molecule has 0 atom stereocenters. The molecule has 0 spiro atoms. The fourth-order valence-corrected chi connectivity index (χ4v) is 2.85. The Morgan fingerprint density at radius 1 is 1.35 bits per heavy atom. The minimum absolute atomic E-state index is 0.0714. The Kier molecular flexibility index (Phi) is 3.50. The standard InChI is InChI=1S/C14H22N4O2/c1-9-4-6-14(8-15,7-5-9)12(19)16-13-18-17-11(20-13)10-2-3-10/h9-10H,2-8,15H2,1H3,(H,16,18,19). The molecule has 1 aromatic rings. The van der Waals surface area contributed by atoms with Crippen LogP contribution < -0.4 is 11.1 Å². The summed E-state index contributed by atoms with van der Waals surface area (Å²) in [5, 5.41) is 10.6. The molecular formula is C14H22N4O2. The van der Waals surface area contributed by atoms with Crippen LogP contribution in [0.1, 0.15) is 57.3 Å². The highest BCUT2D eigenvalue weighted by molar-refractivity contribution is 5.93. The third-order valence-electron chi connectivity index (χ3n) is 4.69. The van der Waals surface area contributed by atoms with Crippen LogP contribution in [0.5, 0.6) is 0 Å². The van der Waals surface area contributed by atoms with Gasteiger partial charge in [0.05, 0.1) is 5.41 Å². The first kappa shape index (κ1) is 13.5. The zero-order valence-corrected chi connectivity index (χ0v) is 11.9. The van der Waals surface area contributed by atoms with E-state index in [2.05, 4.69) is 22.4 Å². The molecule has 0 bridgehead atoms. The van der Waals surface area contributed by atoms with Gasteiger partial charge in [0.2, 0.25) is 11.8 Å². The summed E-state index contributed by atoms with van der Waals surface area (Å²) in [6.45, 7) is 2.59. The Hall–Kier alpha value is -1.43. The van der Waals surface area contributed by atoms with E-state index in [0.29, 0.717) is 24.3 Å². The van der Waals surface area contributed by atoms with Gasteiger partial charge in [-0.15, -0.1) is 5.10 Å². The first-order valence-corrected chi connectivity index (χ1v) is 7.48. The zero-order valence-electron chi connectivity index (χ0n) is 11.9. The van der Waals surface area contributed by atoms with Gasteiger partial charge < -0.3 is 10.2 Å². The van der Waals surface area contributed by atoms with Crippen molar-refractivity contribution in [3.63, 3.8) is 0 Å². The molecule has 2 aliphatic carbocycles. The topological polar surface area (TPSA) is 94.0 Å². The largest absolute Gasteiger partial charge is 0.408 e. The van der Waals surface area contributed by atoms with Crippen LogP contribution in [0.2, 0.25) is 0 Å². The second-order valence-electron chi connectivity index (χ2n) is 6.34. The van der Waals surface area contributed by atoms with Crippen LogP contribution in [0.3, 0.4) is 0 Å². The molecule has 6 nitrogen and oxygen atoms in total. The maximum Gasteiger partial charge on any atom is 0.322 e. The summed E-state index contributed by atoms with van der Waals surface area (Å²) < 4.78 is 5.48. The summed E-state index contributed by atoms with van der Waals surface area (Å²) in [4.78, 5) is 12.5. The summed E-state index contributed by atoms with van der Waals surface area (Å²) in [6.07, 6.45) is 5.95. The molecule has 0 unspecified atom stereocenters. The lowest BCUT2D eigenvalue weighted by molar-refractivity contribution is -0.127. The summed E-state index contributed by atoms with van der Waals surface area (Å²) in [5.74, 6) is 1.64. The van der Waals surface area contributed by atoms with Gasteiger partial charge in [-0.3, -0.25) is 10.1 Å². The van der Waals surface area contributed by atoms with Gasteiger partial charge in [0.25, 0.3) is 0 Å². The molecule has 1 amide bonds. The smallest absolute Gasteiger partial charge is 0.322 e. The van der Waals surface area contributed by atoms with Crippen molar-refractivity contribution < 1.29 is 9.21 Å². The van der Waals surface area contributed by atoms with E-state index in [1.54, 1.807) is 0 Å². The van der Waals surface area contributed by atoms with Gasteiger partial charge in [0, 0.05) is 12.5 Å². The third kappa shape index (κ3) is 2.57. The fraction of sp³-hybridized carbons (Fsp3) is 0.786. The van der Waals surface area contributed by atoms with E-state index in [1.807, 2.05) is 0 Å². The van der Waals surface area contributed by atoms with Crippen molar-refractivity contribution in [2.45, 2.75) is 51.4 Å². The van der Waals surface area contributed by atoms with Crippen LogP contribution in [-0.2, 0) is 4.79 Å². The summed E-state index contributed by atoms with van der Waals surface area (Å²) in [7, 11) is 0. The molecule has 3 rings (SSSR count). The molecule has 20 heavy (non-hydrogen) atoms. The first-order valence-electron chi connectivity index (χ1n) is 7.48. The molecule has 0 radical (unpaired) electrons. The van der Waals surface area contributed by atoms with Gasteiger partial charge in [-0.05, 0) is 44.4 Å². The van der Waals surface area contributed by atoms with Crippen LogP contribution >= 0.6 is 0 Å². The van der Waals surface area contributed by atoms with E-state index >= 15 is 0 Å². The SMILES string of the molecule is CC1CCC(CN)(C(=O)Nc2nnc(C3CC3)o2)CC1. The number of hydrogen-bond donors (Lipinski definition) is 2. The van der Waals surface area contributed by atoms with Crippen LogP contribution in [0, 0.1) is 11.3 Å². The molecule has 3 N–H and O–H groups in total. The lowest BCUT2D eigenvalue weighted by Gasteiger charge is -2.36. The van der Waals surface area contributed by atoms with Crippen molar-refractivity contribution in [2.24, 2.45) is 17.1 Å². The van der Waals surface area contributed by atoms with E-state index < -0.39 is 5.41 Å². The maximum absolute atomic E-state index is 12.5. The van der Waals surface area contributed by atoms with Gasteiger partial charge in [-0.2, -0.15) is 0 Å². The molecule has 0 saturated heterocycles. The van der Waals surface area contributed by atoms with Crippen molar-refractivity contribution in [1.82, 2.24) is 10.2 Å². The molecular weight excluding hydrogens is 256 g/mol. The van der Waals surface area contributed by atoms with Crippen molar-refractivity contribution in [2.75, 3.05) is 11.9 Å². The van der Waals surface area contributed by atoms with Crippen LogP contribution in [0.4, 0.5) is 6.01 Å². The van der Waals surface area contributed by atoms with E-state index in [1.165, 1.54) is 0 Å². The van der Waals surface area contributed by atoms with Gasteiger partial charge in [-0.25, -0.2) is 0 Å². The summed E-state index contributed by atoms with van der Waals surface area (Å²) >= 11 is 0. The normalized spacial score (nSPS) is 30.2. The molecule has 0 aliphatic heterocycles. The van der Waals surface area contributed by atoms with Gasteiger partial charge in [0.1, 0.15) is 0 Å². The second-order valence-corrected chi connectivity index (χ2v) is 6.34. The lowest BCUT2D eigenvalue weighted by atomic mass is 9.70. The quantitative estimate of drug-likeness (QED) is 0.879. The second kappa shape index (κ2) is 5.16. The Balaban J connectivity index is 1.66. The Morgan fingerprint density at radius 2 is 2.05 bits per heavy atom. The van der Waals surface area contributed by atoms with E-state index in [-0.39, 0.29) is 11.9 Å². The van der Waals surface area contributed by atoms with Crippen LogP contribution in [0.15, 0.2) is 4.42 Å². The zero-order chi connectivity index (χ0) is 14.2. The van der Waals surface area contributed by atoms with Crippen molar-refractivity contribution in [3.8, 4) is 0 Å². The third-order valence-corrected chi connectivity index (χ3v) is 4.69. The van der Waals surface area contributed by atoms with Crippen molar-refractivity contribution in [3.05, 3.63) is 5.89 Å². The highest BCUT2D eigenvalue weighted by Crippen LogP contribution is 2.41. The molecule has 2 aliphatic rings.